The summed E-state index contributed by atoms with van der Waals surface area (Å²) in [7, 11) is 2.07. The largest absolute Gasteiger partial charge is 0.358 e. The number of hydrogen-bond acceptors (Lipinski definition) is 4. The predicted molar refractivity (Wildman–Crippen MR) is 81.3 cm³/mol. The van der Waals surface area contributed by atoms with Crippen molar-refractivity contribution in [3.63, 3.8) is 0 Å². The second kappa shape index (κ2) is 8.10. The van der Waals surface area contributed by atoms with Gasteiger partial charge in [-0.05, 0) is 36.9 Å². The van der Waals surface area contributed by atoms with Gasteiger partial charge in [-0.1, -0.05) is 27.7 Å². The van der Waals surface area contributed by atoms with E-state index in [1.165, 1.54) is 6.42 Å². The second-order valence-electron chi connectivity index (χ2n) is 6.01. The molecule has 0 fully saturated rings. The summed E-state index contributed by atoms with van der Waals surface area (Å²) in [6, 6.07) is 4.11. The van der Waals surface area contributed by atoms with E-state index in [-0.39, 0.29) is 0 Å². The van der Waals surface area contributed by atoms with Crippen molar-refractivity contribution >= 4 is 5.82 Å². The predicted octanol–water partition coefficient (Wildman–Crippen LogP) is 2.70. The van der Waals surface area contributed by atoms with Gasteiger partial charge in [0, 0.05) is 20.1 Å². The molecule has 1 rings (SSSR count). The van der Waals surface area contributed by atoms with E-state index in [1.54, 1.807) is 0 Å². The Balaban J connectivity index is 2.42. The fraction of sp³-hybridized carbons (Fsp3) is 0.733. The number of anilines is 1. The third-order valence-electron chi connectivity index (χ3n) is 3.00. The van der Waals surface area contributed by atoms with E-state index in [9.17, 15) is 0 Å². The van der Waals surface area contributed by atoms with Crippen molar-refractivity contribution in [2.45, 2.75) is 40.7 Å². The molecule has 108 valence electrons. The smallest absolute Gasteiger partial charge is 0.150 e. The molecule has 0 spiro atoms. The van der Waals surface area contributed by atoms with E-state index in [2.05, 4.69) is 67.3 Å². The van der Waals surface area contributed by atoms with Crippen LogP contribution >= 0.6 is 0 Å². The molecule has 0 aliphatic heterocycles. The summed E-state index contributed by atoms with van der Waals surface area (Å²) in [5.41, 5.74) is 1.00. The Bertz CT molecular complexity index is 346. The zero-order valence-electron chi connectivity index (χ0n) is 13.0. The zero-order chi connectivity index (χ0) is 14.3. The number of aromatic nitrogens is 2. The molecule has 0 aliphatic carbocycles. The summed E-state index contributed by atoms with van der Waals surface area (Å²) in [4.78, 5) is 2.17. The number of hydrogen-bond donors (Lipinski definition) is 1. The van der Waals surface area contributed by atoms with Crippen molar-refractivity contribution in [2.75, 3.05) is 25.0 Å². The molecule has 0 saturated carbocycles. The lowest BCUT2D eigenvalue weighted by molar-refractivity contribution is 0.545. The molecule has 4 nitrogen and oxygen atoms in total. The van der Waals surface area contributed by atoms with E-state index in [4.69, 9.17) is 0 Å². The van der Waals surface area contributed by atoms with Gasteiger partial charge in [-0.15, -0.1) is 5.10 Å². The van der Waals surface area contributed by atoms with E-state index >= 15 is 0 Å². The molecule has 0 unspecified atom stereocenters. The van der Waals surface area contributed by atoms with Gasteiger partial charge in [0.25, 0.3) is 0 Å². The summed E-state index contributed by atoms with van der Waals surface area (Å²) < 4.78 is 0. The molecule has 4 heteroatoms. The van der Waals surface area contributed by atoms with Crippen LogP contribution in [0.5, 0.6) is 0 Å². The minimum atomic E-state index is 0.661. The Hall–Kier alpha value is -1.16. The van der Waals surface area contributed by atoms with E-state index in [0.29, 0.717) is 5.92 Å². The van der Waals surface area contributed by atoms with Gasteiger partial charge in [-0.3, -0.25) is 0 Å². The normalized spacial score (nSPS) is 11.3. The minimum Gasteiger partial charge on any atom is -0.358 e. The van der Waals surface area contributed by atoms with Crippen molar-refractivity contribution in [3.05, 3.63) is 17.8 Å². The minimum absolute atomic E-state index is 0.661. The Kier molecular flexibility index (Phi) is 6.78. The van der Waals surface area contributed by atoms with Crippen LogP contribution in [-0.2, 0) is 6.54 Å². The highest BCUT2D eigenvalue weighted by molar-refractivity contribution is 5.35. The van der Waals surface area contributed by atoms with Gasteiger partial charge in [-0.25, -0.2) is 0 Å². The van der Waals surface area contributed by atoms with Crippen LogP contribution in [0.25, 0.3) is 0 Å². The van der Waals surface area contributed by atoms with Gasteiger partial charge < -0.3 is 10.2 Å². The first kappa shape index (κ1) is 15.9. The number of nitrogens with one attached hydrogen (secondary N) is 1. The van der Waals surface area contributed by atoms with Crippen LogP contribution in [0, 0.1) is 11.8 Å². The number of rotatable bonds is 8. The summed E-state index contributed by atoms with van der Waals surface area (Å²) in [6.45, 7) is 11.7. The molecule has 0 aliphatic rings. The van der Waals surface area contributed by atoms with Crippen LogP contribution < -0.4 is 10.2 Å². The lowest BCUT2D eigenvalue weighted by Crippen LogP contribution is -2.22. The van der Waals surface area contributed by atoms with Crippen molar-refractivity contribution < 1.29 is 0 Å². The van der Waals surface area contributed by atoms with Gasteiger partial charge in [0.15, 0.2) is 5.82 Å². The van der Waals surface area contributed by atoms with Gasteiger partial charge in [0.1, 0.15) is 0 Å². The molecule has 1 aromatic rings. The monoisotopic (exact) mass is 264 g/mol. The zero-order valence-corrected chi connectivity index (χ0v) is 13.0. The lowest BCUT2D eigenvalue weighted by atomic mass is 10.1. The van der Waals surface area contributed by atoms with E-state index < -0.39 is 0 Å². The molecule has 1 aromatic heterocycles. The average molecular weight is 264 g/mol. The third kappa shape index (κ3) is 6.53. The standard InChI is InChI=1S/C15H28N4/c1-12(2)8-9-19(5)15-7-6-14(17-18-15)11-16-10-13(3)4/h6-7,12-13,16H,8-11H2,1-5H3. The van der Waals surface area contributed by atoms with Crippen molar-refractivity contribution in [2.24, 2.45) is 11.8 Å². The SMILES string of the molecule is CC(C)CCN(C)c1ccc(CNCC(C)C)nn1. The van der Waals surface area contributed by atoms with Crippen LogP contribution in [0.1, 0.15) is 39.8 Å². The fourth-order valence-electron chi connectivity index (χ4n) is 1.71. The molecule has 0 bridgehead atoms. The third-order valence-corrected chi connectivity index (χ3v) is 3.00. The Morgan fingerprint density at radius 3 is 2.37 bits per heavy atom. The Morgan fingerprint density at radius 2 is 1.84 bits per heavy atom. The molecule has 1 heterocycles. The fourth-order valence-corrected chi connectivity index (χ4v) is 1.71. The molecule has 0 saturated heterocycles. The summed E-state index contributed by atoms with van der Waals surface area (Å²) >= 11 is 0. The summed E-state index contributed by atoms with van der Waals surface area (Å²) in [5.74, 6) is 2.33. The molecule has 0 radical (unpaired) electrons. The van der Waals surface area contributed by atoms with Gasteiger partial charge in [0.05, 0.1) is 5.69 Å². The first-order chi connectivity index (χ1) is 8.99. The molecular formula is C15H28N4. The second-order valence-corrected chi connectivity index (χ2v) is 6.01. The first-order valence-corrected chi connectivity index (χ1v) is 7.23. The van der Waals surface area contributed by atoms with Crippen LogP contribution in [0.2, 0.25) is 0 Å². The van der Waals surface area contributed by atoms with Crippen LogP contribution in [0.3, 0.4) is 0 Å². The van der Waals surface area contributed by atoms with E-state index in [0.717, 1.165) is 37.1 Å². The molecule has 19 heavy (non-hydrogen) atoms. The van der Waals surface area contributed by atoms with Crippen LogP contribution in [-0.4, -0.2) is 30.3 Å². The highest BCUT2D eigenvalue weighted by atomic mass is 15.2. The molecular weight excluding hydrogens is 236 g/mol. The quantitative estimate of drug-likeness (QED) is 0.784. The topological polar surface area (TPSA) is 41.0 Å². The van der Waals surface area contributed by atoms with Crippen LogP contribution in [0.4, 0.5) is 5.82 Å². The van der Waals surface area contributed by atoms with Gasteiger partial charge in [0.2, 0.25) is 0 Å². The maximum atomic E-state index is 4.29. The molecule has 0 amide bonds. The molecule has 0 aromatic carbocycles. The summed E-state index contributed by atoms with van der Waals surface area (Å²) in [6.07, 6.45) is 1.18. The Morgan fingerprint density at radius 1 is 1.11 bits per heavy atom. The number of nitrogens with zero attached hydrogens (tertiary/aromatic N) is 3. The highest BCUT2D eigenvalue weighted by Crippen LogP contribution is 2.10. The van der Waals surface area contributed by atoms with Crippen molar-refractivity contribution in [1.82, 2.24) is 15.5 Å². The first-order valence-electron chi connectivity index (χ1n) is 7.23. The van der Waals surface area contributed by atoms with Crippen LogP contribution in [0.15, 0.2) is 12.1 Å². The maximum Gasteiger partial charge on any atom is 0.150 e. The lowest BCUT2D eigenvalue weighted by Gasteiger charge is -2.18. The molecule has 1 N–H and O–H groups in total. The summed E-state index contributed by atoms with van der Waals surface area (Å²) in [5, 5.41) is 11.9. The van der Waals surface area contributed by atoms with Crippen molar-refractivity contribution in [1.29, 1.82) is 0 Å². The van der Waals surface area contributed by atoms with Crippen molar-refractivity contribution in [3.8, 4) is 0 Å². The van der Waals surface area contributed by atoms with E-state index in [1.807, 2.05) is 0 Å². The average Bonchev–Trinajstić information content (AvgIpc) is 2.36. The maximum absolute atomic E-state index is 4.29. The van der Waals surface area contributed by atoms with Gasteiger partial charge in [-0.2, -0.15) is 5.10 Å². The molecule has 0 atom stereocenters. The Labute approximate surface area is 117 Å². The highest BCUT2D eigenvalue weighted by Gasteiger charge is 2.05. The van der Waals surface area contributed by atoms with Gasteiger partial charge >= 0.3 is 0 Å².